The summed E-state index contributed by atoms with van der Waals surface area (Å²) in [5.41, 5.74) is 1.55. The molecule has 2 heterocycles. The molecule has 0 radical (unpaired) electrons. The van der Waals surface area contributed by atoms with Crippen LogP contribution in [0.15, 0.2) is 41.1 Å². The number of hydrogen-bond acceptors (Lipinski definition) is 6. The molecule has 2 aromatic heterocycles. The fraction of sp³-hybridized carbons (Fsp3) is 0.235. The Balaban J connectivity index is 1.84. The first-order valence-electron chi connectivity index (χ1n) is 7.52. The second kappa shape index (κ2) is 7.25. The average Bonchev–Trinajstić information content (AvgIpc) is 3.19. The highest BCUT2D eigenvalue weighted by Gasteiger charge is 2.28. The van der Waals surface area contributed by atoms with Gasteiger partial charge in [-0.05, 0) is 58.5 Å². The van der Waals surface area contributed by atoms with E-state index in [-0.39, 0.29) is 17.9 Å². The quantitative estimate of drug-likeness (QED) is 0.375. The van der Waals surface area contributed by atoms with Crippen molar-refractivity contribution in [3.63, 3.8) is 0 Å². The lowest BCUT2D eigenvalue weighted by molar-refractivity contribution is -0.158. The standard InChI is InChI=1S/C17H17NO4S3/c1-12-4-6-24-17(12)15(18(20)11-19)10-25(21,22)9-13-2-3-16-14(8-13)5-7-23-16/h2-8,11,15,20H,9-10H2,1H3. The Hall–Kier alpha value is -1.74. The van der Waals surface area contributed by atoms with Gasteiger partial charge in [0.2, 0.25) is 6.41 Å². The number of carbonyl (C=O) groups is 1. The Morgan fingerprint density at radius 2 is 1.96 bits per heavy atom. The molecule has 0 aliphatic heterocycles. The van der Waals surface area contributed by atoms with Crippen LogP contribution < -0.4 is 0 Å². The molecule has 8 heteroatoms. The lowest BCUT2D eigenvalue weighted by atomic mass is 10.2. The molecule has 25 heavy (non-hydrogen) atoms. The Morgan fingerprint density at radius 3 is 2.64 bits per heavy atom. The number of nitrogens with zero attached hydrogens (tertiary/aromatic N) is 1. The molecule has 1 N–H and O–H groups in total. The molecule has 1 aromatic carbocycles. The molecule has 0 aliphatic carbocycles. The van der Waals surface area contributed by atoms with Gasteiger partial charge in [-0.25, -0.2) is 13.5 Å². The molecule has 3 aromatic rings. The molecule has 0 saturated carbocycles. The van der Waals surface area contributed by atoms with E-state index in [1.165, 1.54) is 11.3 Å². The summed E-state index contributed by atoms with van der Waals surface area (Å²) >= 11 is 2.93. The average molecular weight is 396 g/mol. The lowest BCUT2D eigenvalue weighted by Crippen LogP contribution is -2.30. The Kier molecular flexibility index (Phi) is 5.24. The van der Waals surface area contributed by atoms with Gasteiger partial charge in [-0.15, -0.1) is 22.7 Å². The summed E-state index contributed by atoms with van der Waals surface area (Å²) in [7, 11) is -3.53. The van der Waals surface area contributed by atoms with E-state index in [9.17, 15) is 18.4 Å². The topological polar surface area (TPSA) is 74.7 Å². The summed E-state index contributed by atoms with van der Waals surface area (Å²) in [5.74, 6) is -0.461. The number of carbonyl (C=O) groups excluding carboxylic acids is 1. The molecule has 0 aliphatic rings. The van der Waals surface area contributed by atoms with Gasteiger partial charge in [-0.3, -0.25) is 10.0 Å². The third kappa shape index (κ3) is 4.09. The molecule has 5 nitrogen and oxygen atoms in total. The van der Waals surface area contributed by atoms with Gasteiger partial charge < -0.3 is 0 Å². The van der Waals surface area contributed by atoms with Crippen LogP contribution in [0.2, 0.25) is 0 Å². The van der Waals surface area contributed by atoms with Crippen LogP contribution in [0.5, 0.6) is 0 Å². The monoisotopic (exact) mass is 395 g/mol. The second-order valence-electron chi connectivity index (χ2n) is 5.82. The number of aryl methyl sites for hydroxylation is 1. The van der Waals surface area contributed by atoms with Crippen molar-refractivity contribution in [3.8, 4) is 0 Å². The number of hydroxylamine groups is 2. The van der Waals surface area contributed by atoms with Crippen LogP contribution in [-0.2, 0) is 20.4 Å². The summed E-state index contributed by atoms with van der Waals surface area (Å²) in [6.07, 6.45) is 0.247. The molecule has 0 bridgehead atoms. The molecule has 1 unspecified atom stereocenters. The van der Waals surface area contributed by atoms with E-state index in [0.717, 1.165) is 15.6 Å². The van der Waals surface area contributed by atoms with E-state index in [1.54, 1.807) is 17.4 Å². The van der Waals surface area contributed by atoms with Crippen LogP contribution in [0.3, 0.4) is 0 Å². The fourth-order valence-corrected chi connectivity index (χ4v) is 6.23. The number of sulfone groups is 1. The molecule has 3 rings (SSSR count). The van der Waals surface area contributed by atoms with E-state index in [1.807, 2.05) is 41.9 Å². The lowest BCUT2D eigenvalue weighted by Gasteiger charge is -2.22. The third-order valence-electron chi connectivity index (χ3n) is 3.95. The minimum atomic E-state index is -3.53. The first-order valence-corrected chi connectivity index (χ1v) is 11.1. The maximum absolute atomic E-state index is 12.7. The SMILES string of the molecule is Cc1ccsc1C(CS(=O)(=O)Cc1ccc2sccc2c1)N(O)C=O. The number of thiophene rings is 2. The van der Waals surface area contributed by atoms with E-state index in [0.29, 0.717) is 15.5 Å². The van der Waals surface area contributed by atoms with Gasteiger partial charge in [0, 0.05) is 9.58 Å². The zero-order chi connectivity index (χ0) is 18.0. The van der Waals surface area contributed by atoms with E-state index < -0.39 is 15.9 Å². The van der Waals surface area contributed by atoms with Crippen LogP contribution in [0, 0.1) is 6.92 Å². The summed E-state index contributed by atoms with van der Waals surface area (Å²) in [4.78, 5) is 11.7. The van der Waals surface area contributed by atoms with Crippen molar-refractivity contribution in [2.75, 3.05) is 5.75 Å². The van der Waals surface area contributed by atoms with Gasteiger partial charge >= 0.3 is 0 Å². The normalized spacial score (nSPS) is 13.0. The maximum Gasteiger partial charge on any atom is 0.233 e. The largest absolute Gasteiger partial charge is 0.285 e. The second-order valence-corrected chi connectivity index (χ2v) is 9.82. The van der Waals surface area contributed by atoms with Gasteiger partial charge in [0.15, 0.2) is 9.84 Å². The predicted molar refractivity (Wildman–Crippen MR) is 101 cm³/mol. The highest BCUT2D eigenvalue weighted by Crippen LogP contribution is 2.30. The highest BCUT2D eigenvalue weighted by atomic mass is 32.2. The molecule has 132 valence electrons. The first-order chi connectivity index (χ1) is 11.9. The Morgan fingerprint density at radius 1 is 1.20 bits per heavy atom. The molecule has 0 spiro atoms. The van der Waals surface area contributed by atoms with Crippen LogP contribution >= 0.6 is 22.7 Å². The number of fused-ring (bicyclic) bond motifs is 1. The number of amides is 1. The van der Waals surface area contributed by atoms with Crippen molar-refractivity contribution in [2.45, 2.75) is 18.7 Å². The zero-order valence-corrected chi connectivity index (χ0v) is 15.9. The minimum absolute atomic E-state index is 0.133. The Bertz CT molecular complexity index is 990. The minimum Gasteiger partial charge on any atom is -0.285 e. The summed E-state index contributed by atoms with van der Waals surface area (Å²) < 4.78 is 26.4. The smallest absolute Gasteiger partial charge is 0.233 e. The van der Waals surface area contributed by atoms with Gasteiger partial charge in [0.1, 0.15) is 6.04 Å². The number of benzene rings is 1. The zero-order valence-electron chi connectivity index (χ0n) is 13.5. The molecular formula is C17H17NO4S3. The predicted octanol–water partition coefficient (Wildman–Crippen LogP) is 3.77. The van der Waals surface area contributed by atoms with Crippen molar-refractivity contribution in [2.24, 2.45) is 0 Å². The summed E-state index contributed by atoms with van der Waals surface area (Å²) in [5, 5.41) is 15.1. The van der Waals surface area contributed by atoms with E-state index in [4.69, 9.17) is 0 Å². The molecule has 1 amide bonds. The van der Waals surface area contributed by atoms with Gasteiger partial charge in [-0.1, -0.05) is 6.07 Å². The summed E-state index contributed by atoms with van der Waals surface area (Å²) in [6.45, 7) is 1.83. The van der Waals surface area contributed by atoms with E-state index >= 15 is 0 Å². The van der Waals surface area contributed by atoms with Crippen LogP contribution in [0.1, 0.15) is 22.0 Å². The van der Waals surface area contributed by atoms with Crippen molar-refractivity contribution >= 4 is 49.0 Å². The highest BCUT2D eigenvalue weighted by molar-refractivity contribution is 7.90. The first kappa shape index (κ1) is 18.1. The maximum atomic E-state index is 12.7. The van der Waals surface area contributed by atoms with Gasteiger partial charge in [0.25, 0.3) is 0 Å². The third-order valence-corrected chi connectivity index (χ3v) is 7.56. The number of hydrogen-bond donors (Lipinski definition) is 1. The van der Waals surface area contributed by atoms with Gasteiger partial charge in [-0.2, -0.15) is 0 Å². The van der Waals surface area contributed by atoms with Crippen LogP contribution in [-0.4, -0.2) is 30.9 Å². The molecule has 0 fully saturated rings. The van der Waals surface area contributed by atoms with Crippen molar-refractivity contribution < 1.29 is 18.4 Å². The summed E-state index contributed by atoms with van der Waals surface area (Å²) in [6, 6.07) is 8.48. The van der Waals surface area contributed by atoms with Crippen LogP contribution in [0.25, 0.3) is 10.1 Å². The Labute approximate surface area is 154 Å². The molecular weight excluding hydrogens is 378 g/mol. The fourth-order valence-electron chi connectivity index (χ4n) is 2.73. The number of rotatable bonds is 7. The van der Waals surface area contributed by atoms with Crippen LogP contribution in [0.4, 0.5) is 0 Å². The van der Waals surface area contributed by atoms with Crippen molar-refractivity contribution in [1.82, 2.24) is 5.06 Å². The molecule has 1 atom stereocenters. The van der Waals surface area contributed by atoms with Crippen molar-refractivity contribution in [1.29, 1.82) is 0 Å². The molecule has 0 saturated heterocycles. The van der Waals surface area contributed by atoms with Gasteiger partial charge in [0.05, 0.1) is 11.5 Å². The van der Waals surface area contributed by atoms with E-state index in [2.05, 4.69) is 0 Å². The van der Waals surface area contributed by atoms with Crippen molar-refractivity contribution in [3.05, 3.63) is 57.1 Å².